The first-order chi connectivity index (χ1) is 11.9. The van der Waals surface area contributed by atoms with Crippen molar-refractivity contribution < 1.29 is 14.3 Å². The van der Waals surface area contributed by atoms with Crippen LogP contribution in [0.15, 0.2) is 42.5 Å². The van der Waals surface area contributed by atoms with E-state index in [4.69, 9.17) is 15.2 Å². The zero-order valence-corrected chi connectivity index (χ0v) is 14.6. The van der Waals surface area contributed by atoms with Crippen molar-refractivity contribution in [3.63, 3.8) is 0 Å². The van der Waals surface area contributed by atoms with Gasteiger partial charge in [0.1, 0.15) is 11.9 Å². The van der Waals surface area contributed by atoms with Gasteiger partial charge in [-0.3, -0.25) is 0 Å². The number of rotatable bonds is 3. The van der Waals surface area contributed by atoms with Crippen molar-refractivity contribution in [1.82, 2.24) is 0 Å². The summed E-state index contributed by atoms with van der Waals surface area (Å²) in [4.78, 5) is 11.3. The first kappa shape index (κ1) is 16.0. The monoisotopic (exact) mass is 337 g/mol. The van der Waals surface area contributed by atoms with Gasteiger partial charge in [-0.25, -0.2) is 4.79 Å². The lowest BCUT2D eigenvalue weighted by Crippen LogP contribution is -2.37. The molecule has 2 aromatic carbocycles. The standard InChI is InChI=1S/C21H23NO3/c1-21(2)12-24-18-11-16(9-10-17(18)19(21)25-20(22)23)15-7-5-14(6-8-15)13-3-4-13/h5-11,13,19H,3-4,12H2,1-2H3,(H2,22,23). The van der Waals surface area contributed by atoms with E-state index in [1.165, 1.54) is 18.4 Å². The number of benzene rings is 2. The molecular formula is C21H23NO3. The fraction of sp³-hybridized carbons (Fsp3) is 0.381. The minimum absolute atomic E-state index is 0.324. The number of carbonyl (C=O) groups excluding carboxylic acids is 1. The number of hydrogen-bond donors (Lipinski definition) is 1. The number of fused-ring (bicyclic) bond motifs is 1. The van der Waals surface area contributed by atoms with Gasteiger partial charge in [0.15, 0.2) is 0 Å². The zero-order chi connectivity index (χ0) is 17.6. The minimum atomic E-state index is -0.759. The molecule has 4 nitrogen and oxygen atoms in total. The van der Waals surface area contributed by atoms with Gasteiger partial charge >= 0.3 is 6.09 Å². The van der Waals surface area contributed by atoms with Crippen LogP contribution < -0.4 is 10.5 Å². The van der Waals surface area contributed by atoms with Gasteiger partial charge in [0.05, 0.1) is 6.61 Å². The third-order valence-electron chi connectivity index (χ3n) is 5.13. The number of nitrogens with two attached hydrogens (primary N) is 1. The van der Waals surface area contributed by atoms with E-state index in [0.717, 1.165) is 28.4 Å². The summed E-state index contributed by atoms with van der Waals surface area (Å²) < 4.78 is 11.3. The third-order valence-corrected chi connectivity index (χ3v) is 5.13. The van der Waals surface area contributed by atoms with E-state index in [1.807, 2.05) is 32.0 Å². The molecule has 1 aliphatic carbocycles. The van der Waals surface area contributed by atoms with Crippen LogP contribution in [0.25, 0.3) is 11.1 Å². The van der Waals surface area contributed by atoms with Gasteiger partial charge in [0.25, 0.3) is 0 Å². The number of primary amides is 1. The van der Waals surface area contributed by atoms with E-state index < -0.39 is 12.2 Å². The van der Waals surface area contributed by atoms with Crippen molar-refractivity contribution >= 4 is 6.09 Å². The summed E-state index contributed by atoms with van der Waals surface area (Å²) in [6.07, 6.45) is 1.46. The van der Waals surface area contributed by atoms with Crippen LogP contribution in [0.1, 0.15) is 49.8 Å². The topological polar surface area (TPSA) is 61.6 Å². The predicted molar refractivity (Wildman–Crippen MR) is 96.5 cm³/mol. The molecule has 1 aliphatic heterocycles. The smallest absolute Gasteiger partial charge is 0.405 e. The Bertz CT molecular complexity index is 806. The lowest BCUT2D eigenvalue weighted by atomic mass is 9.80. The number of ether oxygens (including phenoxy) is 2. The average Bonchev–Trinajstić information content (AvgIpc) is 3.42. The molecule has 2 aromatic rings. The van der Waals surface area contributed by atoms with Gasteiger partial charge in [-0.15, -0.1) is 0 Å². The molecule has 2 aliphatic rings. The van der Waals surface area contributed by atoms with Crippen molar-refractivity contribution in [2.45, 2.75) is 38.7 Å². The second-order valence-corrected chi connectivity index (χ2v) is 7.74. The molecule has 1 fully saturated rings. The second-order valence-electron chi connectivity index (χ2n) is 7.74. The number of hydrogen-bond acceptors (Lipinski definition) is 3. The van der Waals surface area contributed by atoms with Gasteiger partial charge in [0, 0.05) is 11.0 Å². The lowest BCUT2D eigenvalue weighted by Gasteiger charge is -2.38. The quantitative estimate of drug-likeness (QED) is 0.876. The molecule has 0 bridgehead atoms. The molecule has 1 atom stereocenters. The first-order valence-corrected chi connectivity index (χ1v) is 8.77. The molecule has 1 amide bonds. The van der Waals surface area contributed by atoms with Crippen LogP contribution in [-0.4, -0.2) is 12.7 Å². The molecule has 130 valence electrons. The Hall–Kier alpha value is -2.49. The van der Waals surface area contributed by atoms with Crippen LogP contribution in [0.5, 0.6) is 5.75 Å². The molecule has 0 spiro atoms. The van der Waals surface area contributed by atoms with E-state index >= 15 is 0 Å². The normalized spacial score (nSPS) is 21.1. The highest BCUT2D eigenvalue weighted by atomic mass is 16.6. The average molecular weight is 337 g/mol. The summed E-state index contributed by atoms with van der Waals surface area (Å²) in [5.74, 6) is 1.52. The summed E-state index contributed by atoms with van der Waals surface area (Å²) in [5.41, 5.74) is 9.49. The molecule has 2 N–H and O–H groups in total. The maximum atomic E-state index is 11.3. The van der Waals surface area contributed by atoms with Crippen molar-refractivity contribution in [3.05, 3.63) is 53.6 Å². The minimum Gasteiger partial charge on any atom is -0.492 e. The van der Waals surface area contributed by atoms with Crippen LogP contribution in [0.3, 0.4) is 0 Å². The van der Waals surface area contributed by atoms with Crippen molar-refractivity contribution in [2.75, 3.05) is 6.61 Å². The van der Waals surface area contributed by atoms with Gasteiger partial charge in [-0.05, 0) is 41.5 Å². The Labute approximate surface area is 147 Å². The fourth-order valence-electron chi connectivity index (χ4n) is 3.52. The zero-order valence-electron chi connectivity index (χ0n) is 14.6. The molecule has 4 rings (SSSR count). The van der Waals surface area contributed by atoms with Crippen molar-refractivity contribution in [2.24, 2.45) is 11.1 Å². The summed E-state index contributed by atoms with van der Waals surface area (Å²) in [6.45, 7) is 4.49. The third kappa shape index (κ3) is 3.09. The van der Waals surface area contributed by atoms with Crippen LogP contribution in [0, 0.1) is 5.41 Å². The summed E-state index contributed by atoms with van der Waals surface area (Å²) in [6, 6.07) is 14.8. The Balaban J connectivity index is 1.66. The largest absolute Gasteiger partial charge is 0.492 e. The SMILES string of the molecule is CC1(C)COc2cc(-c3ccc(C4CC4)cc3)ccc2C1OC(N)=O. The van der Waals surface area contributed by atoms with E-state index in [-0.39, 0.29) is 5.41 Å². The molecule has 1 unspecified atom stereocenters. The van der Waals surface area contributed by atoms with Crippen LogP contribution in [0.2, 0.25) is 0 Å². The summed E-state index contributed by atoms with van der Waals surface area (Å²) >= 11 is 0. The molecule has 0 saturated heterocycles. The molecule has 1 heterocycles. The first-order valence-electron chi connectivity index (χ1n) is 8.77. The maximum absolute atomic E-state index is 11.3. The van der Waals surface area contributed by atoms with E-state index in [9.17, 15) is 4.79 Å². The number of amides is 1. The van der Waals surface area contributed by atoms with E-state index in [0.29, 0.717) is 6.61 Å². The summed E-state index contributed by atoms with van der Waals surface area (Å²) in [5, 5.41) is 0. The van der Waals surface area contributed by atoms with Gasteiger partial charge in [0.2, 0.25) is 0 Å². The fourth-order valence-corrected chi connectivity index (χ4v) is 3.52. The van der Waals surface area contributed by atoms with E-state index in [2.05, 4.69) is 24.3 Å². The Morgan fingerprint density at radius 2 is 1.80 bits per heavy atom. The maximum Gasteiger partial charge on any atom is 0.405 e. The highest BCUT2D eigenvalue weighted by molar-refractivity contribution is 5.68. The van der Waals surface area contributed by atoms with Crippen molar-refractivity contribution in [1.29, 1.82) is 0 Å². The molecule has 0 aromatic heterocycles. The molecular weight excluding hydrogens is 314 g/mol. The Kier molecular flexibility index (Phi) is 3.71. The second kappa shape index (κ2) is 5.80. The van der Waals surface area contributed by atoms with Gasteiger partial charge in [-0.1, -0.05) is 50.2 Å². The van der Waals surface area contributed by atoms with Crippen LogP contribution in [0.4, 0.5) is 4.79 Å². The predicted octanol–water partition coefficient (Wildman–Crippen LogP) is 4.79. The van der Waals surface area contributed by atoms with Crippen molar-refractivity contribution in [3.8, 4) is 16.9 Å². The molecule has 25 heavy (non-hydrogen) atoms. The number of carbonyl (C=O) groups is 1. The van der Waals surface area contributed by atoms with Gasteiger partial charge in [-0.2, -0.15) is 0 Å². The van der Waals surface area contributed by atoms with E-state index in [1.54, 1.807) is 0 Å². The molecule has 1 saturated carbocycles. The Morgan fingerprint density at radius 1 is 1.12 bits per heavy atom. The highest BCUT2D eigenvalue weighted by Gasteiger charge is 2.40. The highest BCUT2D eigenvalue weighted by Crippen LogP contribution is 2.46. The summed E-state index contributed by atoms with van der Waals surface area (Å²) in [7, 11) is 0. The molecule has 4 heteroatoms. The van der Waals surface area contributed by atoms with Gasteiger partial charge < -0.3 is 15.2 Å². The molecule has 0 radical (unpaired) electrons. The Morgan fingerprint density at radius 3 is 2.44 bits per heavy atom. The lowest BCUT2D eigenvalue weighted by molar-refractivity contribution is -0.0176. The van der Waals surface area contributed by atoms with Crippen LogP contribution >= 0.6 is 0 Å². The van der Waals surface area contributed by atoms with Crippen LogP contribution in [-0.2, 0) is 4.74 Å².